The molecule has 0 unspecified atom stereocenters. The number of halogens is 5. The molecule has 0 aliphatic heterocycles. The van der Waals surface area contributed by atoms with E-state index in [9.17, 15) is 22.4 Å². The van der Waals surface area contributed by atoms with Crippen LogP contribution in [0.2, 0.25) is 5.15 Å². The predicted molar refractivity (Wildman–Crippen MR) is 102 cm³/mol. The van der Waals surface area contributed by atoms with E-state index in [-0.39, 0.29) is 23.0 Å². The number of carbonyl (C=O) groups excluding carboxylic acids is 1. The smallest absolute Gasteiger partial charge is 0.422 e. The summed E-state index contributed by atoms with van der Waals surface area (Å²) < 4.78 is 55.6. The Morgan fingerprint density at radius 2 is 1.77 bits per heavy atom. The monoisotopic (exact) mass is 441 g/mol. The van der Waals surface area contributed by atoms with Crippen molar-refractivity contribution < 1.29 is 27.1 Å². The Balaban J connectivity index is 1.66. The van der Waals surface area contributed by atoms with Gasteiger partial charge in [0.15, 0.2) is 6.61 Å². The summed E-state index contributed by atoms with van der Waals surface area (Å²) in [5.41, 5.74) is 1.71. The molecule has 3 aromatic rings. The van der Waals surface area contributed by atoms with Crippen molar-refractivity contribution in [2.45, 2.75) is 19.6 Å². The van der Waals surface area contributed by atoms with Crippen LogP contribution in [0.15, 0.2) is 48.5 Å². The fraction of sp³-hybridized carbons (Fsp3) is 0.200. The minimum Gasteiger partial charge on any atom is -0.484 e. The van der Waals surface area contributed by atoms with Crippen molar-refractivity contribution in [3.05, 3.63) is 76.3 Å². The van der Waals surface area contributed by atoms with E-state index >= 15 is 0 Å². The first-order valence-corrected chi connectivity index (χ1v) is 9.09. The van der Waals surface area contributed by atoms with Gasteiger partial charge in [0.2, 0.25) is 0 Å². The maximum Gasteiger partial charge on any atom is 0.422 e. The van der Waals surface area contributed by atoms with Crippen molar-refractivity contribution in [2.24, 2.45) is 0 Å². The number of amides is 1. The van der Waals surface area contributed by atoms with Crippen molar-refractivity contribution >= 4 is 17.5 Å². The van der Waals surface area contributed by atoms with E-state index in [0.717, 1.165) is 0 Å². The summed E-state index contributed by atoms with van der Waals surface area (Å²) in [4.78, 5) is 12.6. The number of carbonyl (C=O) groups is 1. The van der Waals surface area contributed by atoms with Crippen LogP contribution in [0.25, 0.3) is 5.69 Å². The zero-order valence-electron chi connectivity index (χ0n) is 15.6. The topological polar surface area (TPSA) is 56.2 Å². The van der Waals surface area contributed by atoms with Crippen molar-refractivity contribution in [1.29, 1.82) is 0 Å². The zero-order chi connectivity index (χ0) is 21.9. The first-order valence-electron chi connectivity index (χ1n) is 8.72. The normalized spacial score (nSPS) is 11.4. The molecule has 1 amide bonds. The Morgan fingerprint density at radius 1 is 1.13 bits per heavy atom. The third-order valence-corrected chi connectivity index (χ3v) is 4.43. The molecule has 1 N–H and O–H groups in total. The SMILES string of the molecule is Cc1nn(-c2ccc(F)cc2)c(Cl)c1C(=O)NCc1ccc(OCC(F)(F)F)cc1. The lowest BCUT2D eigenvalue weighted by Gasteiger charge is -2.10. The van der Waals surface area contributed by atoms with Crippen LogP contribution in [0.5, 0.6) is 5.75 Å². The largest absolute Gasteiger partial charge is 0.484 e. The Bertz CT molecular complexity index is 1030. The molecule has 5 nitrogen and oxygen atoms in total. The highest BCUT2D eigenvalue weighted by Crippen LogP contribution is 2.24. The molecule has 1 heterocycles. The lowest BCUT2D eigenvalue weighted by atomic mass is 10.2. The molecule has 0 aliphatic rings. The van der Waals surface area contributed by atoms with Gasteiger partial charge in [-0.25, -0.2) is 9.07 Å². The van der Waals surface area contributed by atoms with Crippen LogP contribution < -0.4 is 10.1 Å². The van der Waals surface area contributed by atoms with Gasteiger partial charge in [0, 0.05) is 6.54 Å². The highest BCUT2D eigenvalue weighted by molar-refractivity contribution is 6.33. The minimum absolute atomic E-state index is 0.0712. The van der Waals surface area contributed by atoms with Gasteiger partial charge >= 0.3 is 6.18 Å². The highest BCUT2D eigenvalue weighted by Gasteiger charge is 2.28. The van der Waals surface area contributed by atoms with E-state index in [4.69, 9.17) is 11.6 Å². The molecule has 0 fully saturated rings. The Hall–Kier alpha value is -3.07. The van der Waals surface area contributed by atoms with E-state index in [1.165, 1.54) is 41.1 Å². The van der Waals surface area contributed by atoms with E-state index in [1.807, 2.05) is 0 Å². The third kappa shape index (κ3) is 5.29. The van der Waals surface area contributed by atoms with Crippen LogP contribution in [0.3, 0.4) is 0 Å². The van der Waals surface area contributed by atoms with Crippen LogP contribution in [-0.4, -0.2) is 28.5 Å². The van der Waals surface area contributed by atoms with Gasteiger partial charge in [0.05, 0.1) is 16.9 Å². The average Bonchev–Trinajstić information content (AvgIpc) is 2.99. The molecule has 0 radical (unpaired) electrons. The predicted octanol–water partition coefficient (Wildman–Crippen LogP) is 4.84. The molecule has 0 saturated heterocycles. The summed E-state index contributed by atoms with van der Waals surface area (Å²) in [5.74, 6) is -0.809. The molecule has 10 heteroatoms. The van der Waals surface area contributed by atoms with Gasteiger partial charge in [-0.2, -0.15) is 18.3 Å². The summed E-state index contributed by atoms with van der Waals surface area (Å²) in [6, 6.07) is 11.3. The maximum absolute atomic E-state index is 13.1. The second kappa shape index (κ2) is 8.74. The summed E-state index contributed by atoms with van der Waals surface area (Å²) >= 11 is 6.31. The molecular weight excluding hydrogens is 426 g/mol. The van der Waals surface area contributed by atoms with Gasteiger partial charge < -0.3 is 10.1 Å². The van der Waals surface area contributed by atoms with Gasteiger partial charge in [0.1, 0.15) is 16.7 Å². The van der Waals surface area contributed by atoms with E-state index in [2.05, 4.69) is 15.2 Å². The Labute approximate surface area is 174 Å². The Morgan fingerprint density at radius 3 is 2.37 bits per heavy atom. The zero-order valence-corrected chi connectivity index (χ0v) is 16.4. The lowest BCUT2D eigenvalue weighted by Crippen LogP contribution is -2.23. The first-order chi connectivity index (χ1) is 14.1. The van der Waals surface area contributed by atoms with Crippen molar-refractivity contribution in [3.63, 3.8) is 0 Å². The fourth-order valence-electron chi connectivity index (χ4n) is 2.65. The van der Waals surface area contributed by atoms with Crippen molar-refractivity contribution in [2.75, 3.05) is 6.61 Å². The van der Waals surface area contributed by atoms with Crippen LogP contribution in [-0.2, 0) is 6.54 Å². The fourth-order valence-corrected chi connectivity index (χ4v) is 3.01. The summed E-state index contributed by atoms with van der Waals surface area (Å²) in [6.45, 7) is 0.363. The number of rotatable bonds is 6. The van der Waals surface area contributed by atoms with Gasteiger partial charge in [-0.15, -0.1) is 0 Å². The van der Waals surface area contributed by atoms with E-state index < -0.39 is 24.5 Å². The molecule has 2 aromatic carbocycles. The average molecular weight is 442 g/mol. The molecule has 1 aromatic heterocycles. The number of benzene rings is 2. The maximum atomic E-state index is 13.1. The summed E-state index contributed by atoms with van der Waals surface area (Å²) in [5, 5.41) is 7.00. The third-order valence-electron chi connectivity index (χ3n) is 4.08. The molecule has 3 rings (SSSR count). The first kappa shape index (κ1) is 21.6. The molecule has 0 aliphatic carbocycles. The van der Waals surface area contributed by atoms with Crippen LogP contribution in [0.4, 0.5) is 17.6 Å². The molecule has 0 atom stereocenters. The number of ether oxygens (including phenoxy) is 1. The van der Waals surface area contributed by atoms with Gasteiger partial charge in [-0.3, -0.25) is 4.79 Å². The van der Waals surface area contributed by atoms with Crippen LogP contribution in [0.1, 0.15) is 21.6 Å². The number of aryl methyl sites for hydroxylation is 1. The standard InChI is InChI=1S/C20H16ClF4N3O2/c1-12-17(18(21)28(27-12)15-6-4-14(22)5-7-15)19(29)26-10-13-2-8-16(9-3-13)30-11-20(23,24)25/h2-9H,10-11H2,1H3,(H,26,29). The quantitative estimate of drug-likeness (QED) is 0.557. The number of hydrogen-bond acceptors (Lipinski definition) is 3. The second-order valence-corrected chi connectivity index (χ2v) is 6.73. The number of nitrogens with zero attached hydrogens (tertiary/aromatic N) is 2. The van der Waals surface area contributed by atoms with E-state index in [0.29, 0.717) is 16.9 Å². The molecule has 158 valence electrons. The molecule has 30 heavy (non-hydrogen) atoms. The number of nitrogens with one attached hydrogen (secondary N) is 1. The minimum atomic E-state index is -4.41. The van der Waals surface area contributed by atoms with Crippen molar-refractivity contribution in [1.82, 2.24) is 15.1 Å². The number of aromatic nitrogens is 2. The van der Waals surface area contributed by atoms with E-state index in [1.54, 1.807) is 19.1 Å². The summed E-state index contributed by atoms with van der Waals surface area (Å²) in [6.07, 6.45) is -4.41. The molecule has 0 spiro atoms. The molecule has 0 bridgehead atoms. The molecule has 0 saturated carbocycles. The second-order valence-electron chi connectivity index (χ2n) is 6.37. The van der Waals surface area contributed by atoms with Gasteiger partial charge in [0.25, 0.3) is 5.91 Å². The van der Waals surface area contributed by atoms with Crippen molar-refractivity contribution in [3.8, 4) is 11.4 Å². The number of alkyl halides is 3. The van der Waals surface area contributed by atoms with Gasteiger partial charge in [-0.1, -0.05) is 23.7 Å². The van der Waals surface area contributed by atoms with Crippen LogP contribution >= 0.6 is 11.6 Å². The summed E-state index contributed by atoms with van der Waals surface area (Å²) in [7, 11) is 0. The van der Waals surface area contributed by atoms with Crippen LogP contribution in [0, 0.1) is 12.7 Å². The Kier molecular flexibility index (Phi) is 6.31. The molecular formula is C20H16ClF4N3O2. The number of hydrogen-bond donors (Lipinski definition) is 1. The lowest BCUT2D eigenvalue weighted by molar-refractivity contribution is -0.153. The highest BCUT2D eigenvalue weighted by atomic mass is 35.5. The van der Waals surface area contributed by atoms with Gasteiger partial charge in [-0.05, 0) is 48.9 Å².